The molecule has 0 aliphatic carbocycles. The smallest absolute Gasteiger partial charge is 0.339 e. The van der Waals surface area contributed by atoms with Crippen LogP contribution in [0, 0.1) is 6.92 Å². The SMILES string of the molecule is COc1ccc2c(C)c(CCC(=O)NCC(c3ccco3)N(C)C)c(=O)oc2c1. The molecule has 1 atom stereocenters. The number of nitrogens with one attached hydrogen (secondary N) is 1. The summed E-state index contributed by atoms with van der Waals surface area (Å²) in [6.07, 6.45) is 2.13. The second-order valence-electron chi connectivity index (χ2n) is 7.15. The van der Waals surface area contributed by atoms with E-state index in [1.807, 2.05) is 50.2 Å². The number of aryl methyl sites for hydroxylation is 1. The summed E-state index contributed by atoms with van der Waals surface area (Å²) in [5.74, 6) is 1.29. The lowest BCUT2D eigenvalue weighted by Gasteiger charge is -2.22. The highest BCUT2D eigenvalue weighted by molar-refractivity contribution is 5.82. The van der Waals surface area contributed by atoms with Crippen molar-refractivity contribution in [1.82, 2.24) is 10.2 Å². The lowest BCUT2D eigenvalue weighted by molar-refractivity contribution is -0.121. The molecular weight excluding hydrogens is 372 g/mol. The zero-order valence-electron chi connectivity index (χ0n) is 17.2. The predicted molar refractivity (Wildman–Crippen MR) is 110 cm³/mol. The van der Waals surface area contributed by atoms with Gasteiger partial charge in [0.2, 0.25) is 5.91 Å². The molecule has 3 aromatic rings. The molecule has 1 N–H and O–H groups in total. The summed E-state index contributed by atoms with van der Waals surface area (Å²) in [5.41, 5.74) is 1.41. The number of likely N-dealkylation sites (N-methyl/N-ethyl adjacent to an activating group) is 1. The normalized spacial score (nSPS) is 12.3. The van der Waals surface area contributed by atoms with E-state index >= 15 is 0 Å². The Morgan fingerprint density at radius 3 is 2.72 bits per heavy atom. The van der Waals surface area contributed by atoms with E-state index in [-0.39, 0.29) is 18.4 Å². The van der Waals surface area contributed by atoms with Crippen LogP contribution in [0.15, 0.2) is 50.2 Å². The van der Waals surface area contributed by atoms with E-state index in [9.17, 15) is 9.59 Å². The number of hydrogen-bond acceptors (Lipinski definition) is 6. The van der Waals surface area contributed by atoms with Crippen molar-refractivity contribution in [2.45, 2.75) is 25.8 Å². The third-order valence-corrected chi connectivity index (χ3v) is 5.08. The zero-order chi connectivity index (χ0) is 21.0. The van der Waals surface area contributed by atoms with Gasteiger partial charge in [-0.2, -0.15) is 0 Å². The molecule has 2 aromatic heterocycles. The van der Waals surface area contributed by atoms with Gasteiger partial charge in [0, 0.05) is 30.0 Å². The molecule has 2 heterocycles. The Balaban J connectivity index is 1.67. The molecular formula is C22H26N2O5. The van der Waals surface area contributed by atoms with Crippen molar-refractivity contribution >= 4 is 16.9 Å². The standard InChI is InChI=1S/C22H26N2O5/c1-14-16-8-7-15(27-4)12-20(16)29-22(26)17(14)9-10-21(25)23-13-18(24(2)3)19-6-5-11-28-19/h5-8,11-12,18H,9-10,13H2,1-4H3,(H,23,25). The molecule has 1 amide bonds. The van der Waals surface area contributed by atoms with Crippen molar-refractivity contribution in [1.29, 1.82) is 0 Å². The van der Waals surface area contributed by atoms with Gasteiger partial charge in [0.25, 0.3) is 0 Å². The molecule has 154 valence electrons. The Labute approximate surface area is 169 Å². The second kappa shape index (κ2) is 8.96. The molecule has 1 aromatic carbocycles. The molecule has 7 heteroatoms. The molecule has 0 spiro atoms. The van der Waals surface area contributed by atoms with E-state index in [1.54, 1.807) is 19.4 Å². The summed E-state index contributed by atoms with van der Waals surface area (Å²) in [6.45, 7) is 2.29. The maximum atomic E-state index is 12.4. The van der Waals surface area contributed by atoms with Gasteiger partial charge in [-0.25, -0.2) is 4.79 Å². The van der Waals surface area contributed by atoms with Crippen LogP contribution in [-0.2, 0) is 11.2 Å². The number of carbonyl (C=O) groups is 1. The maximum Gasteiger partial charge on any atom is 0.339 e. The summed E-state index contributed by atoms with van der Waals surface area (Å²) >= 11 is 0. The van der Waals surface area contributed by atoms with Crippen LogP contribution in [0.25, 0.3) is 11.0 Å². The molecule has 29 heavy (non-hydrogen) atoms. The molecule has 0 saturated heterocycles. The number of methoxy groups -OCH3 is 1. The first-order chi connectivity index (χ1) is 13.9. The minimum absolute atomic E-state index is 0.0589. The lowest BCUT2D eigenvalue weighted by atomic mass is 10.0. The van der Waals surface area contributed by atoms with Crippen LogP contribution in [-0.4, -0.2) is 38.6 Å². The molecule has 1 unspecified atom stereocenters. The van der Waals surface area contributed by atoms with Crippen LogP contribution in [0.2, 0.25) is 0 Å². The number of fused-ring (bicyclic) bond motifs is 1. The van der Waals surface area contributed by atoms with Crippen LogP contribution in [0.4, 0.5) is 0 Å². The molecule has 0 radical (unpaired) electrons. The third-order valence-electron chi connectivity index (χ3n) is 5.08. The Morgan fingerprint density at radius 2 is 2.07 bits per heavy atom. The van der Waals surface area contributed by atoms with Crippen LogP contribution in [0.5, 0.6) is 5.75 Å². The average Bonchev–Trinajstić information content (AvgIpc) is 3.21. The van der Waals surface area contributed by atoms with Gasteiger partial charge in [0.15, 0.2) is 0 Å². The van der Waals surface area contributed by atoms with Crippen LogP contribution in [0.3, 0.4) is 0 Å². The quantitative estimate of drug-likeness (QED) is 0.587. The number of carbonyl (C=O) groups excluding carboxylic acids is 1. The Kier molecular flexibility index (Phi) is 6.39. The summed E-state index contributed by atoms with van der Waals surface area (Å²) in [6, 6.07) is 9.02. The van der Waals surface area contributed by atoms with Crippen molar-refractivity contribution in [3.8, 4) is 5.75 Å². The van der Waals surface area contributed by atoms with Gasteiger partial charge in [-0.1, -0.05) is 0 Å². The van der Waals surface area contributed by atoms with E-state index in [0.717, 1.165) is 16.7 Å². The fraction of sp³-hybridized carbons (Fsp3) is 0.364. The zero-order valence-corrected chi connectivity index (χ0v) is 17.2. The summed E-state index contributed by atoms with van der Waals surface area (Å²) in [5, 5.41) is 3.76. The van der Waals surface area contributed by atoms with E-state index in [4.69, 9.17) is 13.6 Å². The number of hydrogen-bond donors (Lipinski definition) is 1. The number of amides is 1. The minimum Gasteiger partial charge on any atom is -0.497 e. The fourth-order valence-corrected chi connectivity index (χ4v) is 3.35. The first-order valence-corrected chi connectivity index (χ1v) is 9.47. The van der Waals surface area contributed by atoms with E-state index in [1.165, 1.54) is 0 Å². The van der Waals surface area contributed by atoms with Crippen LogP contribution >= 0.6 is 0 Å². The maximum absolute atomic E-state index is 12.4. The lowest BCUT2D eigenvalue weighted by Crippen LogP contribution is -2.34. The van der Waals surface area contributed by atoms with Gasteiger partial charge in [0.1, 0.15) is 17.1 Å². The summed E-state index contributed by atoms with van der Waals surface area (Å²) in [4.78, 5) is 26.8. The van der Waals surface area contributed by atoms with Gasteiger partial charge in [-0.05, 0) is 57.3 Å². The number of benzene rings is 1. The van der Waals surface area contributed by atoms with Gasteiger partial charge in [-0.3, -0.25) is 9.69 Å². The Hall–Kier alpha value is -3.06. The monoisotopic (exact) mass is 398 g/mol. The largest absolute Gasteiger partial charge is 0.497 e. The Bertz CT molecular complexity index is 1040. The van der Waals surface area contributed by atoms with Gasteiger partial charge in [-0.15, -0.1) is 0 Å². The second-order valence-corrected chi connectivity index (χ2v) is 7.15. The van der Waals surface area contributed by atoms with E-state index < -0.39 is 5.63 Å². The molecule has 0 saturated carbocycles. The van der Waals surface area contributed by atoms with E-state index in [2.05, 4.69) is 5.32 Å². The number of ether oxygens (including phenoxy) is 1. The molecule has 0 aliphatic rings. The summed E-state index contributed by atoms with van der Waals surface area (Å²) < 4.78 is 16.1. The van der Waals surface area contributed by atoms with Crippen LogP contribution < -0.4 is 15.7 Å². The van der Waals surface area contributed by atoms with E-state index in [0.29, 0.717) is 29.9 Å². The average molecular weight is 398 g/mol. The number of rotatable bonds is 8. The predicted octanol–water partition coefficient (Wildman–Crippen LogP) is 3.05. The highest BCUT2D eigenvalue weighted by atomic mass is 16.5. The van der Waals surface area contributed by atoms with Crippen molar-refractivity contribution in [2.24, 2.45) is 0 Å². The van der Waals surface area contributed by atoms with Crippen LogP contribution in [0.1, 0.15) is 29.3 Å². The first-order valence-electron chi connectivity index (χ1n) is 9.47. The van der Waals surface area contributed by atoms with Crippen molar-refractivity contribution < 1.29 is 18.4 Å². The highest BCUT2D eigenvalue weighted by Crippen LogP contribution is 2.24. The fourth-order valence-electron chi connectivity index (χ4n) is 3.35. The Morgan fingerprint density at radius 1 is 1.28 bits per heavy atom. The summed E-state index contributed by atoms with van der Waals surface area (Å²) in [7, 11) is 5.42. The molecule has 0 fully saturated rings. The highest BCUT2D eigenvalue weighted by Gasteiger charge is 2.18. The third kappa shape index (κ3) is 4.68. The molecule has 7 nitrogen and oxygen atoms in total. The van der Waals surface area contributed by atoms with Crippen molar-refractivity contribution in [3.63, 3.8) is 0 Å². The van der Waals surface area contributed by atoms with Gasteiger partial charge >= 0.3 is 5.63 Å². The van der Waals surface area contributed by atoms with Gasteiger partial charge < -0.3 is 18.9 Å². The minimum atomic E-state index is -0.419. The number of furan rings is 1. The first kappa shape index (κ1) is 20.7. The number of nitrogens with zero attached hydrogens (tertiary/aromatic N) is 1. The van der Waals surface area contributed by atoms with Gasteiger partial charge in [0.05, 0.1) is 19.4 Å². The topological polar surface area (TPSA) is 84.9 Å². The molecule has 3 rings (SSSR count). The van der Waals surface area contributed by atoms with Crippen molar-refractivity contribution in [2.75, 3.05) is 27.7 Å². The molecule has 0 aliphatic heterocycles. The molecule has 0 bridgehead atoms. The van der Waals surface area contributed by atoms with Crippen molar-refractivity contribution in [3.05, 3.63) is 63.9 Å².